The van der Waals surface area contributed by atoms with E-state index in [1.807, 2.05) is 30.2 Å². The van der Waals surface area contributed by atoms with Crippen LogP contribution in [0.4, 0.5) is 5.95 Å². The maximum Gasteiger partial charge on any atom is 0.220 e. The van der Waals surface area contributed by atoms with Crippen LogP contribution in [0.25, 0.3) is 17.1 Å². The number of benzene rings is 1. The zero-order valence-corrected chi connectivity index (χ0v) is 13.8. The van der Waals surface area contributed by atoms with E-state index < -0.39 is 0 Å². The molecule has 0 radical (unpaired) electrons. The molecule has 8 heteroatoms. The fraction of sp³-hybridized carbons (Fsp3) is 0.176. The zero-order chi connectivity index (χ0) is 17.1. The van der Waals surface area contributed by atoms with E-state index in [0.717, 1.165) is 36.1 Å². The maximum absolute atomic E-state index is 4.49. The van der Waals surface area contributed by atoms with Crippen LogP contribution >= 0.6 is 0 Å². The molecule has 0 saturated carbocycles. The van der Waals surface area contributed by atoms with Crippen molar-refractivity contribution >= 4 is 5.95 Å². The Morgan fingerprint density at radius 3 is 2.64 bits per heavy atom. The van der Waals surface area contributed by atoms with E-state index in [2.05, 4.69) is 54.2 Å². The molecule has 4 aromatic rings. The minimum absolute atomic E-state index is 0.739. The van der Waals surface area contributed by atoms with Crippen molar-refractivity contribution in [2.24, 2.45) is 7.05 Å². The van der Waals surface area contributed by atoms with E-state index in [1.165, 1.54) is 6.33 Å². The van der Waals surface area contributed by atoms with Crippen molar-refractivity contribution in [2.45, 2.75) is 6.54 Å². The first-order chi connectivity index (χ1) is 12.3. The molecule has 0 bridgehead atoms. The minimum atomic E-state index is 0.739. The van der Waals surface area contributed by atoms with Gasteiger partial charge in [-0.25, -0.2) is 14.6 Å². The highest BCUT2D eigenvalue weighted by Crippen LogP contribution is 2.19. The van der Waals surface area contributed by atoms with Crippen molar-refractivity contribution in [2.75, 3.05) is 11.9 Å². The molecule has 0 aliphatic rings. The average Bonchev–Trinajstić information content (AvgIpc) is 3.38. The molecule has 1 aromatic carbocycles. The molecular formula is C17H18N8. The van der Waals surface area contributed by atoms with Crippen LogP contribution in [-0.2, 0) is 13.6 Å². The predicted octanol–water partition coefficient (Wildman–Crippen LogP) is 1.98. The zero-order valence-electron chi connectivity index (χ0n) is 13.8. The Morgan fingerprint density at radius 1 is 1.04 bits per heavy atom. The van der Waals surface area contributed by atoms with E-state index in [9.17, 15) is 0 Å². The van der Waals surface area contributed by atoms with Gasteiger partial charge < -0.3 is 14.5 Å². The molecule has 4 rings (SSSR count). The maximum atomic E-state index is 4.49. The van der Waals surface area contributed by atoms with Gasteiger partial charge in [0.1, 0.15) is 12.2 Å². The molecule has 8 nitrogen and oxygen atoms in total. The summed E-state index contributed by atoms with van der Waals surface area (Å²) >= 11 is 0. The van der Waals surface area contributed by atoms with Gasteiger partial charge in [0, 0.05) is 56.2 Å². The highest BCUT2D eigenvalue weighted by atomic mass is 15.4. The Morgan fingerprint density at radius 2 is 1.92 bits per heavy atom. The van der Waals surface area contributed by atoms with Crippen LogP contribution in [0, 0.1) is 0 Å². The van der Waals surface area contributed by atoms with E-state index in [1.54, 1.807) is 17.2 Å². The lowest BCUT2D eigenvalue weighted by Crippen LogP contribution is -2.13. The second-order valence-electron chi connectivity index (χ2n) is 5.60. The molecular weight excluding hydrogens is 316 g/mol. The highest BCUT2D eigenvalue weighted by molar-refractivity contribution is 5.57. The Kier molecular flexibility index (Phi) is 3.99. The molecule has 0 saturated heterocycles. The standard InChI is InChI=1S/C17H18N8/c1-23-17(21-12-22-23)20-8-11-24-10-7-19-16(24)14-2-4-15(5-3-14)25-9-6-18-13-25/h2-7,9-10,12-13H,8,11H2,1H3,(H,20,21,22). The summed E-state index contributed by atoms with van der Waals surface area (Å²) in [7, 11) is 1.86. The number of imidazole rings is 2. The minimum Gasteiger partial charge on any atom is -0.353 e. The number of hydrogen-bond donors (Lipinski definition) is 1. The molecule has 0 amide bonds. The summed E-state index contributed by atoms with van der Waals surface area (Å²) in [6.45, 7) is 1.52. The van der Waals surface area contributed by atoms with Crippen molar-refractivity contribution in [3.05, 3.63) is 61.7 Å². The fourth-order valence-electron chi connectivity index (χ4n) is 2.69. The third-order valence-electron chi connectivity index (χ3n) is 3.99. The van der Waals surface area contributed by atoms with Crippen LogP contribution in [0.1, 0.15) is 0 Å². The normalized spacial score (nSPS) is 10.9. The predicted molar refractivity (Wildman–Crippen MR) is 94.3 cm³/mol. The Balaban J connectivity index is 1.46. The fourth-order valence-corrected chi connectivity index (χ4v) is 2.69. The van der Waals surface area contributed by atoms with Gasteiger partial charge in [-0.1, -0.05) is 0 Å². The SMILES string of the molecule is Cn1ncnc1NCCn1ccnc1-c1ccc(-n2ccnc2)cc1. The van der Waals surface area contributed by atoms with Gasteiger partial charge in [0.05, 0.1) is 6.33 Å². The topological polar surface area (TPSA) is 78.4 Å². The summed E-state index contributed by atoms with van der Waals surface area (Å²) in [6, 6.07) is 8.27. The Labute approximate surface area is 144 Å². The van der Waals surface area contributed by atoms with E-state index in [-0.39, 0.29) is 0 Å². The van der Waals surface area contributed by atoms with Gasteiger partial charge in [0.2, 0.25) is 5.95 Å². The van der Waals surface area contributed by atoms with Crippen molar-refractivity contribution in [1.29, 1.82) is 0 Å². The first kappa shape index (κ1) is 15.1. The number of hydrogen-bond acceptors (Lipinski definition) is 5. The summed E-state index contributed by atoms with van der Waals surface area (Å²) in [5, 5.41) is 7.31. The van der Waals surface area contributed by atoms with Gasteiger partial charge in [-0.15, -0.1) is 0 Å². The van der Waals surface area contributed by atoms with Crippen LogP contribution in [0.3, 0.4) is 0 Å². The monoisotopic (exact) mass is 334 g/mol. The van der Waals surface area contributed by atoms with Gasteiger partial charge in [-0.2, -0.15) is 10.1 Å². The van der Waals surface area contributed by atoms with E-state index in [0.29, 0.717) is 0 Å². The molecule has 0 unspecified atom stereocenters. The number of aromatic nitrogens is 7. The molecule has 0 aliphatic heterocycles. The van der Waals surface area contributed by atoms with Crippen molar-refractivity contribution in [1.82, 2.24) is 33.9 Å². The number of rotatable bonds is 6. The Hall–Kier alpha value is -3.42. The second kappa shape index (κ2) is 6.60. The first-order valence-corrected chi connectivity index (χ1v) is 7.99. The molecule has 25 heavy (non-hydrogen) atoms. The molecule has 0 fully saturated rings. The largest absolute Gasteiger partial charge is 0.353 e. The smallest absolute Gasteiger partial charge is 0.220 e. The van der Waals surface area contributed by atoms with E-state index in [4.69, 9.17) is 0 Å². The summed E-state index contributed by atoms with van der Waals surface area (Å²) in [5.74, 6) is 1.70. The van der Waals surface area contributed by atoms with Gasteiger partial charge in [0.25, 0.3) is 0 Å². The second-order valence-corrected chi connectivity index (χ2v) is 5.60. The number of anilines is 1. The number of nitrogens with zero attached hydrogens (tertiary/aromatic N) is 7. The summed E-state index contributed by atoms with van der Waals surface area (Å²) in [5.41, 5.74) is 2.15. The van der Waals surface area contributed by atoms with Gasteiger partial charge in [-0.3, -0.25) is 0 Å². The van der Waals surface area contributed by atoms with E-state index >= 15 is 0 Å². The van der Waals surface area contributed by atoms with Crippen molar-refractivity contribution < 1.29 is 0 Å². The molecule has 126 valence electrons. The quantitative estimate of drug-likeness (QED) is 0.583. The van der Waals surface area contributed by atoms with Crippen LogP contribution < -0.4 is 5.32 Å². The highest BCUT2D eigenvalue weighted by Gasteiger charge is 2.07. The average molecular weight is 334 g/mol. The van der Waals surface area contributed by atoms with Crippen LogP contribution in [0.5, 0.6) is 0 Å². The van der Waals surface area contributed by atoms with Crippen LogP contribution in [0.15, 0.2) is 61.7 Å². The van der Waals surface area contributed by atoms with Crippen LogP contribution in [0.2, 0.25) is 0 Å². The van der Waals surface area contributed by atoms with Crippen molar-refractivity contribution in [3.8, 4) is 17.1 Å². The van der Waals surface area contributed by atoms with Crippen LogP contribution in [-0.4, -0.2) is 40.4 Å². The lowest BCUT2D eigenvalue weighted by molar-refractivity contribution is 0.714. The van der Waals surface area contributed by atoms with Gasteiger partial charge in [-0.05, 0) is 24.3 Å². The Bertz CT molecular complexity index is 933. The third kappa shape index (κ3) is 3.14. The summed E-state index contributed by atoms with van der Waals surface area (Å²) < 4.78 is 5.81. The summed E-state index contributed by atoms with van der Waals surface area (Å²) in [6.07, 6.45) is 10.8. The molecule has 3 aromatic heterocycles. The van der Waals surface area contributed by atoms with Crippen molar-refractivity contribution in [3.63, 3.8) is 0 Å². The molecule has 0 spiro atoms. The lowest BCUT2D eigenvalue weighted by Gasteiger charge is -2.10. The third-order valence-corrected chi connectivity index (χ3v) is 3.99. The number of nitrogens with one attached hydrogen (secondary N) is 1. The van der Waals surface area contributed by atoms with Gasteiger partial charge in [0.15, 0.2) is 0 Å². The molecule has 3 heterocycles. The molecule has 0 aliphatic carbocycles. The molecule has 0 atom stereocenters. The van der Waals surface area contributed by atoms with Gasteiger partial charge >= 0.3 is 0 Å². The number of aryl methyl sites for hydroxylation is 1. The lowest BCUT2D eigenvalue weighted by atomic mass is 10.2. The first-order valence-electron chi connectivity index (χ1n) is 7.99. The summed E-state index contributed by atoms with van der Waals surface area (Å²) in [4.78, 5) is 12.7. The molecule has 1 N–H and O–H groups in total.